The maximum atomic E-state index is 11.4. The number of pyridine rings is 1. The lowest BCUT2D eigenvalue weighted by atomic mass is 9.96. The Morgan fingerprint density at radius 2 is 2.07 bits per heavy atom. The third kappa shape index (κ3) is 1.41. The number of aromatic nitrogens is 1. The molecule has 14 heavy (non-hydrogen) atoms. The summed E-state index contributed by atoms with van der Waals surface area (Å²) in [6, 6.07) is 1.52. The fraction of sp³-hybridized carbons (Fsp3) is 0.444. The standard InChI is InChI=1S/C9H10N2O3/c12-10-6-8(11(13)14)5-7-3-1-2-4-9(7)10/h5-6H,1-4H2. The highest BCUT2D eigenvalue weighted by molar-refractivity contribution is 5.32. The molecule has 1 aliphatic rings. The lowest BCUT2D eigenvalue weighted by Crippen LogP contribution is -2.34. The molecule has 1 aromatic rings. The second-order valence-electron chi connectivity index (χ2n) is 3.46. The number of nitro groups is 1. The predicted molar refractivity (Wildman–Crippen MR) is 48.7 cm³/mol. The van der Waals surface area contributed by atoms with Crippen molar-refractivity contribution in [2.45, 2.75) is 25.7 Å². The van der Waals surface area contributed by atoms with E-state index >= 15 is 0 Å². The summed E-state index contributed by atoms with van der Waals surface area (Å²) in [7, 11) is 0. The van der Waals surface area contributed by atoms with E-state index in [4.69, 9.17) is 0 Å². The van der Waals surface area contributed by atoms with Crippen molar-refractivity contribution in [1.29, 1.82) is 0 Å². The minimum atomic E-state index is -0.525. The van der Waals surface area contributed by atoms with Gasteiger partial charge in [0.15, 0.2) is 5.69 Å². The summed E-state index contributed by atoms with van der Waals surface area (Å²) < 4.78 is 0.645. The van der Waals surface area contributed by atoms with Gasteiger partial charge in [0.2, 0.25) is 0 Å². The summed E-state index contributed by atoms with van der Waals surface area (Å²) >= 11 is 0. The topological polar surface area (TPSA) is 70.1 Å². The van der Waals surface area contributed by atoms with Crippen molar-refractivity contribution in [3.63, 3.8) is 0 Å². The SMILES string of the molecule is O=[N+]([O-])c1cc2c([n+]([O-])c1)CCCC2. The minimum Gasteiger partial charge on any atom is -0.618 e. The van der Waals surface area contributed by atoms with Crippen LogP contribution in [0.25, 0.3) is 0 Å². The van der Waals surface area contributed by atoms with E-state index in [1.165, 1.54) is 6.07 Å². The summed E-state index contributed by atoms with van der Waals surface area (Å²) in [6.07, 6.45) is 4.56. The van der Waals surface area contributed by atoms with Crippen molar-refractivity contribution in [3.8, 4) is 0 Å². The van der Waals surface area contributed by atoms with E-state index in [9.17, 15) is 15.3 Å². The Hall–Kier alpha value is -1.65. The quantitative estimate of drug-likeness (QED) is 0.291. The number of fused-ring (bicyclic) bond motifs is 1. The average molecular weight is 194 g/mol. The third-order valence-electron chi connectivity index (χ3n) is 2.53. The van der Waals surface area contributed by atoms with Gasteiger partial charge in [-0.1, -0.05) is 0 Å². The number of rotatable bonds is 1. The highest BCUT2D eigenvalue weighted by Crippen LogP contribution is 2.21. The van der Waals surface area contributed by atoms with Gasteiger partial charge in [0.1, 0.15) is 0 Å². The van der Waals surface area contributed by atoms with E-state index in [0.29, 0.717) is 10.4 Å². The molecule has 0 aliphatic heterocycles. The van der Waals surface area contributed by atoms with E-state index in [-0.39, 0.29) is 5.69 Å². The van der Waals surface area contributed by atoms with E-state index in [1.807, 2.05) is 0 Å². The van der Waals surface area contributed by atoms with Crippen LogP contribution >= 0.6 is 0 Å². The predicted octanol–water partition coefficient (Wildman–Crippen LogP) is 1.11. The Morgan fingerprint density at radius 1 is 1.36 bits per heavy atom. The van der Waals surface area contributed by atoms with Crippen LogP contribution < -0.4 is 4.73 Å². The van der Waals surface area contributed by atoms with Gasteiger partial charge in [-0.3, -0.25) is 10.1 Å². The molecule has 74 valence electrons. The second kappa shape index (κ2) is 3.25. The molecule has 1 aromatic heterocycles. The lowest BCUT2D eigenvalue weighted by molar-refractivity contribution is -0.618. The molecular formula is C9H10N2O3. The van der Waals surface area contributed by atoms with Crippen molar-refractivity contribution in [2.24, 2.45) is 0 Å². The molecule has 0 aromatic carbocycles. The molecule has 0 bridgehead atoms. The maximum absolute atomic E-state index is 11.4. The monoisotopic (exact) mass is 194 g/mol. The minimum absolute atomic E-state index is 0.111. The fourth-order valence-corrected chi connectivity index (χ4v) is 1.83. The normalized spacial score (nSPS) is 14.9. The molecule has 0 atom stereocenters. The summed E-state index contributed by atoms with van der Waals surface area (Å²) in [5.74, 6) is 0. The second-order valence-corrected chi connectivity index (χ2v) is 3.46. The van der Waals surface area contributed by atoms with Crippen molar-refractivity contribution in [1.82, 2.24) is 0 Å². The molecule has 0 saturated carbocycles. The van der Waals surface area contributed by atoms with Gasteiger partial charge in [-0.15, -0.1) is 0 Å². The number of nitrogens with zero attached hydrogens (tertiary/aromatic N) is 2. The molecular weight excluding hydrogens is 184 g/mol. The number of hydrogen-bond acceptors (Lipinski definition) is 3. The van der Waals surface area contributed by atoms with Gasteiger partial charge >= 0.3 is 5.69 Å². The van der Waals surface area contributed by atoms with Crippen LogP contribution in [0.4, 0.5) is 5.69 Å². The first kappa shape index (κ1) is 8.93. The maximum Gasteiger partial charge on any atom is 0.334 e. The van der Waals surface area contributed by atoms with Crippen LogP contribution in [0.5, 0.6) is 0 Å². The zero-order valence-corrected chi connectivity index (χ0v) is 7.60. The summed E-state index contributed by atoms with van der Waals surface area (Å²) in [5, 5.41) is 21.9. The average Bonchev–Trinajstić information content (AvgIpc) is 2.17. The van der Waals surface area contributed by atoms with Crippen molar-refractivity contribution in [2.75, 3.05) is 0 Å². The fourth-order valence-electron chi connectivity index (χ4n) is 1.83. The Balaban J connectivity index is 2.51. The van der Waals surface area contributed by atoms with Crippen molar-refractivity contribution >= 4 is 5.69 Å². The van der Waals surface area contributed by atoms with Crippen molar-refractivity contribution < 1.29 is 9.65 Å². The first-order valence-electron chi connectivity index (χ1n) is 4.58. The smallest absolute Gasteiger partial charge is 0.334 e. The van der Waals surface area contributed by atoms with Gasteiger partial charge in [-0.25, -0.2) is 0 Å². The molecule has 0 N–H and O–H groups in total. The molecule has 0 amide bonds. The molecule has 1 heterocycles. The Morgan fingerprint density at radius 3 is 2.79 bits per heavy atom. The molecule has 5 nitrogen and oxygen atoms in total. The molecule has 2 rings (SSSR count). The molecule has 0 fully saturated rings. The van der Waals surface area contributed by atoms with E-state index < -0.39 is 4.92 Å². The highest BCUT2D eigenvalue weighted by Gasteiger charge is 2.22. The first-order chi connectivity index (χ1) is 6.68. The molecule has 5 heteroatoms. The van der Waals surface area contributed by atoms with Crippen LogP contribution in [-0.2, 0) is 12.8 Å². The molecule has 0 saturated heterocycles. The van der Waals surface area contributed by atoms with Gasteiger partial charge in [0.25, 0.3) is 6.20 Å². The first-order valence-corrected chi connectivity index (χ1v) is 4.58. The number of hydrogen-bond donors (Lipinski definition) is 0. The van der Waals surface area contributed by atoms with Crippen LogP contribution in [0.2, 0.25) is 0 Å². The highest BCUT2D eigenvalue weighted by atomic mass is 16.6. The van der Waals surface area contributed by atoms with Crippen LogP contribution in [0.15, 0.2) is 12.3 Å². The van der Waals surface area contributed by atoms with Crippen LogP contribution in [0.1, 0.15) is 24.1 Å². The van der Waals surface area contributed by atoms with Crippen LogP contribution in [0, 0.1) is 15.3 Å². The van der Waals surface area contributed by atoms with Gasteiger partial charge < -0.3 is 5.21 Å². The Bertz CT molecular complexity index is 390. The van der Waals surface area contributed by atoms with E-state index in [2.05, 4.69) is 0 Å². The van der Waals surface area contributed by atoms with Gasteiger partial charge in [-0.2, -0.15) is 4.73 Å². The number of aryl methyl sites for hydroxylation is 1. The molecule has 1 aliphatic carbocycles. The van der Waals surface area contributed by atoms with E-state index in [1.54, 1.807) is 0 Å². The molecule has 0 spiro atoms. The van der Waals surface area contributed by atoms with Gasteiger partial charge in [0.05, 0.1) is 4.92 Å². The lowest BCUT2D eigenvalue weighted by Gasteiger charge is -2.13. The molecule has 0 unspecified atom stereocenters. The summed E-state index contributed by atoms with van der Waals surface area (Å²) in [5.41, 5.74) is 1.42. The Kier molecular flexibility index (Phi) is 2.07. The van der Waals surface area contributed by atoms with Gasteiger partial charge in [0, 0.05) is 18.1 Å². The van der Waals surface area contributed by atoms with E-state index in [0.717, 1.165) is 37.4 Å². The third-order valence-corrected chi connectivity index (χ3v) is 2.53. The zero-order chi connectivity index (χ0) is 10.1. The molecule has 0 radical (unpaired) electrons. The summed E-state index contributed by atoms with van der Waals surface area (Å²) in [6.45, 7) is 0. The Labute approximate surface area is 80.7 Å². The summed E-state index contributed by atoms with van der Waals surface area (Å²) in [4.78, 5) is 9.97. The van der Waals surface area contributed by atoms with Crippen LogP contribution in [-0.4, -0.2) is 4.92 Å². The van der Waals surface area contributed by atoms with Gasteiger partial charge in [-0.05, 0) is 19.3 Å². The van der Waals surface area contributed by atoms with Crippen molar-refractivity contribution in [3.05, 3.63) is 38.8 Å². The van der Waals surface area contributed by atoms with Crippen LogP contribution in [0.3, 0.4) is 0 Å². The zero-order valence-electron chi connectivity index (χ0n) is 7.60. The largest absolute Gasteiger partial charge is 0.618 e.